The Kier molecular flexibility index (Phi) is 6.09. The number of hydrogen-bond donors (Lipinski definition) is 1. The molecule has 2 aromatic rings. The number of nitrogens with one attached hydrogen (secondary N) is 1. The van der Waals surface area contributed by atoms with Crippen LogP contribution in [0.4, 0.5) is 13.2 Å². The molecule has 5 nitrogen and oxygen atoms in total. The molecule has 2 fully saturated rings. The van der Waals surface area contributed by atoms with Gasteiger partial charge >= 0.3 is 6.18 Å². The van der Waals surface area contributed by atoms with E-state index in [0.29, 0.717) is 0 Å². The quantitative estimate of drug-likeness (QED) is 0.710. The van der Waals surface area contributed by atoms with Gasteiger partial charge in [0, 0.05) is 36.8 Å². The smallest absolute Gasteiger partial charge is 0.352 e. The first kappa shape index (κ1) is 22.8. The zero-order valence-corrected chi connectivity index (χ0v) is 18.9. The van der Waals surface area contributed by atoms with E-state index in [1.54, 1.807) is 6.07 Å². The van der Waals surface area contributed by atoms with Gasteiger partial charge in [-0.15, -0.1) is 0 Å². The first-order valence-corrected chi connectivity index (χ1v) is 11.3. The van der Waals surface area contributed by atoms with Crippen molar-refractivity contribution < 1.29 is 18.0 Å². The average molecular weight is 449 g/mol. The van der Waals surface area contributed by atoms with Gasteiger partial charge in [0.2, 0.25) is 5.91 Å². The molecule has 1 aromatic heterocycles. The highest BCUT2D eigenvalue weighted by Gasteiger charge is 2.58. The number of halogens is 3. The first-order valence-electron chi connectivity index (χ1n) is 11.3. The zero-order valence-electron chi connectivity index (χ0n) is 18.9. The second-order valence-electron chi connectivity index (χ2n) is 9.23. The van der Waals surface area contributed by atoms with Crippen LogP contribution in [0.15, 0.2) is 24.3 Å². The normalized spacial score (nSPS) is 20.5. The van der Waals surface area contributed by atoms with Crippen LogP contribution in [0, 0.1) is 25.2 Å². The highest BCUT2D eigenvalue weighted by molar-refractivity contribution is 5.82. The summed E-state index contributed by atoms with van der Waals surface area (Å²) in [7, 11) is 0. The maximum Gasteiger partial charge on any atom is 0.416 e. The molecule has 0 bridgehead atoms. The number of rotatable bonds is 6. The summed E-state index contributed by atoms with van der Waals surface area (Å²) in [5, 5.41) is 7.36. The third-order valence-electron chi connectivity index (χ3n) is 7.35. The molecule has 2 aliphatic rings. The van der Waals surface area contributed by atoms with Gasteiger partial charge in [0.1, 0.15) is 0 Å². The van der Waals surface area contributed by atoms with Crippen LogP contribution in [-0.4, -0.2) is 33.7 Å². The van der Waals surface area contributed by atoms with E-state index in [4.69, 9.17) is 0 Å². The van der Waals surface area contributed by atoms with E-state index in [9.17, 15) is 18.0 Å². The fourth-order valence-electron chi connectivity index (χ4n) is 5.18. The van der Waals surface area contributed by atoms with Gasteiger partial charge in [-0.2, -0.15) is 18.3 Å². The summed E-state index contributed by atoms with van der Waals surface area (Å²) in [5.74, 6) is -0.208. The number of aromatic nitrogens is 2. The van der Waals surface area contributed by atoms with Crippen molar-refractivity contribution in [3.8, 4) is 0 Å². The van der Waals surface area contributed by atoms with Gasteiger partial charge in [0.05, 0.1) is 11.3 Å². The number of carbonyl (C=O) groups excluding carboxylic acids is 1. The number of amides is 1. The van der Waals surface area contributed by atoms with Crippen molar-refractivity contribution in [3.05, 3.63) is 52.3 Å². The summed E-state index contributed by atoms with van der Waals surface area (Å²) in [4.78, 5) is 15.1. The molecule has 1 saturated carbocycles. The van der Waals surface area contributed by atoms with Gasteiger partial charge < -0.3 is 5.32 Å². The van der Waals surface area contributed by atoms with Crippen molar-refractivity contribution in [1.29, 1.82) is 0 Å². The Balaban J connectivity index is 1.30. The lowest BCUT2D eigenvalue weighted by molar-refractivity contribution is -0.138. The van der Waals surface area contributed by atoms with Crippen LogP contribution in [0.1, 0.15) is 54.3 Å². The van der Waals surface area contributed by atoms with E-state index in [0.717, 1.165) is 57.2 Å². The summed E-state index contributed by atoms with van der Waals surface area (Å²) in [6.45, 7) is 9.76. The topological polar surface area (TPSA) is 50.2 Å². The van der Waals surface area contributed by atoms with Crippen molar-refractivity contribution >= 4 is 5.91 Å². The summed E-state index contributed by atoms with van der Waals surface area (Å²) in [6.07, 6.45) is -1.69. The highest BCUT2D eigenvalue weighted by atomic mass is 19.4. The first-order chi connectivity index (χ1) is 15.1. The number of carbonyl (C=O) groups is 1. The molecular weight excluding hydrogens is 417 g/mol. The number of benzene rings is 1. The molecule has 1 unspecified atom stereocenters. The number of hydrogen-bond acceptors (Lipinski definition) is 3. The maximum absolute atomic E-state index is 13.2. The van der Waals surface area contributed by atoms with Gasteiger partial charge in [-0.25, -0.2) is 0 Å². The summed E-state index contributed by atoms with van der Waals surface area (Å²) >= 11 is 0. The van der Waals surface area contributed by atoms with E-state index in [2.05, 4.69) is 36.1 Å². The van der Waals surface area contributed by atoms with Crippen molar-refractivity contribution in [2.24, 2.45) is 11.3 Å². The average Bonchev–Trinajstić information content (AvgIpc) is 3.40. The van der Waals surface area contributed by atoms with Gasteiger partial charge in [0.25, 0.3) is 0 Å². The number of aryl methyl sites for hydroxylation is 2. The van der Waals surface area contributed by atoms with Crippen molar-refractivity contribution in [3.63, 3.8) is 0 Å². The van der Waals surface area contributed by atoms with Crippen LogP contribution in [-0.2, 0) is 30.6 Å². The van der Waals surface area contributed by atoms with E-state index in [-0.39, 0.29) is 29.3 Å². The standard InChI is InChI=1S/C24H31F3N4O/c1-4-31-17(3)19(16(2)29-31)15-30-11-9-23(10-12-30)13-21(23)22(32)28-14-18-7-5-6-8-20(18)24(25,26)27/h5-8,21H,4,9-15H2,1-3H3,(H,28,32). The van der Waals surface area contributed by atoms with Crippen LogP contribution in [0.25, 0.3) is 0 Å². The van der Waals surface area contributed by atoms with Crippen LogP contribution in [0.2, 0.25) is 0 Å². The Morgan fingerprint density at radius 1 is 1.22 bits per heavy atom. The second-order valence-corrected chi connectivity index (χ2v) is 9.23. The fraction of sp³-hybridized carbons (Fsp3) is 0.583. The molecule has 1 N–H and O–H groups in total. The van der Waals surface area contributed by atoms with Gasteiger partial charge in [-0.05, 0) is 70.2 Å². The van der Waals surface area contributed by atoms with Crippen LogP contribution in [0.5, 0.6) is 0 Å². The molecule has 1 atom stereocenters. The van der Waals surface area contributed by atoms with Crippen LogP contribution < -0.4 is 5.32 Å². The molecule has 2 heterocycles. The largest absolute Gasteiger partial charge is 0.416 e. The van der Waals surface area contributed by atoms with Crippen LogP contribution >= 0.6 is 0 Å². The lowest BCUT2D eigenvalue weighted by Crippen LogP contribution is -2.37. The minimum atomic E-state index is -4.42. The molecule has 1 saturated heterocycles. The van der Waals surface area contributed by atoms with E-state index >= 15 is 0 Å². The highest BCUT2D eigenvalue weighted by Crippen LogP contribution is 2.59. The summed E-state index contributed by atoms with van der Waals surface area (Å²) in [6, 6.07) is 5.42. The molecule has 1 spiro atoms. The Hall–Kier alpha value is -2.35. The predicted molar refractivity (Wildman–Crippen MR) is 116 cm³/mol. The monoisotopic (exact) mass is 448 g/mol. The number of alkyl halides is 3. The molecule has 174 valence electrons. The predicted octanol–water partition coefficient (Wildman–Crippen LogP) is 4.46. The Labute approximate surface area is 187 Å². The summed E-state index contributed by atoms with van der Waals surface area (Å²) in [5.41, 5.74) is 3.02. The number of likely N-dealkylation sites (tertiary alicyclic amines) is 1. The number of nitrogens with zero attached hydrogens (tertiary/aromatic N) is 3. The molecule has 4 rings (SSSR count). The Morgan fingerprint density at radius 2 is 1.91 bits per heavy atom. The lowest BCUT2D eigenvalue weighted by Gasteiger charge is -2.33. The van der Waals surface area contributed by atoms with Gasteiger partial charge in [-0.3, -0.25) is 14.4 Å². The molecule has 0 radical (unpaired) electrons. The zero-order chi connectivity index (χ0) is 23.1. The van der Waals surface area contributed by atoms with E-state index in [1.165, 1.54) is 23.4 Å². The maximum atomic E-state index is 13.2. The van der Waals surface area contributed by atoms with Crippen LogP contribution in [0.3, 0.4) is 0 Å². The third-order valence-corrected chi connectivity index (χ3v) is 7.35. The van der Waals surface area contributed by atoms with Crippen molar-refractivity contribution in [2.75, 3.05) is 13.1 Å². The Morgan fingerprint density at radius 3 is 2.53 bits per heavy atom. The van der Waals surface area contributed by atoms with Gasteiger partial charge in [0.15, 0.2) is 0 Å². The molecule has 8 heteroatoms. The minimum Gasteiger partial charge on any atom is -0.352 e. The minimum absolute atomic E-state index is 0.0157. The lowest BCUT2D eigenvalue weighted by atomic mass is 9.90. The van der Waals surface area contributed by atoms with Crippen molar-refractivity contribution in [2.45, 2.75) is 65.8 Å². The van der Waals surface area contributed by atoms with E-state index in [1.807, 2.05) is 4.68 Å². The molecule has 32 heavy (non-hydrogen) atoms. The fourth-order valence-corrected chi connectivity index (χ4v) is 5.18. The molecule has 1 aliphatic carbocycles. The van der Waals surface area contributed by atoms with Gasteiger partial charge in [-0.1, -0.05) is 18.2 Å². The number of piperidine rings is 1. The molecule has 1 aromatic carbocycles. The third kappa shape index (κ3) is 4.42. The molecular formula is C24H31F3N4O. The van der Waals surface area contributed by atoms with Crippen molar-refractivity contribution in [1.82, 2.24) is 20.0 Å². The molecule has 1 aliphatic heterocycles. The second kappa shape index (κ2) is 8.54. The Bertz CT molecular complexity index is 990. The SMILES string of the molecule is CCn1nc(C)c(CN2CCC3(CC2)CC3C(=O)NCc2ccccc2C(F)(F)F)c1C. The molecule has 1 amide bonds. The van der Waals surface area contributed by atoms with E-state index < -0.39 is 11.7 Å². The summed E-state index contributed by atoms with van der Waals surface area (Å²) < 4.78 is 41.5.